The lowest BCUT2D eigenvalue weighted by molar-refractivity contribution is 0.475. The summed E-state index contributed by atoms with van der Waals surface area (Å²) in [4.78, 5) is 22.4. The van der Waals surface area contributed by atoms with Crippen LogP contribution in [-0.4, -0.2) is 19.6 Å². The highest BCUT2D eigenvalue weighted by Gasteiger charge is 2.22. The number of fused-ring (bicyclic) bond motifs is 1. The molecule has 2 aromatic heterocycles. The molecule has 0 saturated carbocycles. The molecule has 0 aliphatic carbocycles. The van der Waals surface area contributed by atoms with Gasteiger partial charge in [0.05, 0.1) is 23.3 Å². The molecule has 2 aliphatic heterocycles. The van der Waals surface area contributed by atoms with Gasteiger partial charge in [-0.1, -0.05) is 0 Å². The molecule has 0 saturated heterocycles. The first kappa shape index (κ1) is 18.0. The highest BCUT2D eigenvalue weighted by atomic mass is 32.1. The Hall–Kier alpha value is -4.09. The maximum atomic E-state index is 13.1. The van der Waals surface area contributed by atoms with Crippen molar-refractivity contribution < 1.29 is 9.52 Å². The van der Waals surface area contributed by atoms with Crippen LogP contribution in [0.5, 0.6) is 5.75 Å². The number of hydrogen-bond acceptors (Lipinski definition) is 6. The Morgan fingerprint density at radius 3 is 2.73 bits per heavy atom. The molecule has 4 heterocycles. The van der Waals surface area contributed by atoms with Crippen LogP contribution in [0.25, 0.3) is 27.6 Å². The Labute approximate surface area is 174 Å². The van der Waals surface area contributed by atoms with Crippen molar-refractivity contribution in [3.63, 3.8) is 0 Å². The number of nitrogens with zero attached hydrogens (tertiary/aromatic N) is 3. The lowest BCUT2D eigenvalue weighted by Crippen LogP contribution is -2.16. The zero-order valence-corrected chi connectivity index (χ0v) is 16.3. The van der Waals surface area contributed by atoms with E-state index in [-0.39, 0.29) is 17.7 Å². The summed E-state index contributed by atoms with van der Waals surface area (Å²) in [6.45, 7) is 0. The summed E-state index contributed by atoms with van der Waals surface area (Å²) in [5.74, 6) is 1.29. The number of phenols is 1. The van der Waals surface area contributed by atoms with Gasteiger partial charge in [-0.2, -0.15) is 5.26 Å². The predicted octanol–water partition coefficient (Wildman–Crippen LogP) is 4.15. The van der Waals surface area contributed by atoms with E-state index in [1.807, 2.05) is 6.07 Å². The van der Waals surface area contributed by atoms with Crippen molar-refractivity contribution in [1.29, 1.82) is 5.26 Å². The summed E-state index contributed by atoms with van der Waals surface area (Å²) < 4.78 is 6.88. The number of imidazole rings is 1. The number of nitrogens with one attached hydrogen (secondary N) is 1. The lowest BCUT2D eigenvalue weighted by atomic mass is 10.1. The van der Waals surface area contributed by atoms with Crippen LogP contribution in [0.3, 0.4) is 0 Å². The summed E-state index contributed by atoms with van der Waals surface area (Å²) >= 11 is 1.32. The molecule has 0 spiro atoms. The first-order valence-electron chi connectivity index (χ1n) is 9.09. The number of aromatic nitrogens is 3. The van der Waals surface area contributed by atoms with Crippen LogP contribution in [0.4, 0.5) is 0 Å². The number of nitriles is 1. The van der Waals surface area contributed by atoms with Gasteiger partial charge in [-0.25, -0.2) is 4.98 Å². The number of H-pyrrole nitrogens is 1. The molecule has 0 atom stereocenters. The van der Waals surface area contributed by atoms with E-state index in [1.165, 1.54) is 15.9 Å². The molecule has 0 amide bonds. The van der Waals surface area contributed by atoms with E-state index in [0.29, 0.717) is 33.5 Å². The van der Waals surface area contributed by atoms with E-state index in [9.17, 15) is 15.2 Å². The van der Waals surface area contributed by atoms with Crippen LogP contribution in [0.15, 0.2) is 70.2 Å². The fraction of sp³-hybridized carbons (Fsp3) is 0.0455. The van der Waals surface area contributed by atoms with Crippen LogP contribution in [0.2, 0.25) is 0 Å². The maximum Gasteiger partial charge on any atom is 0.278 e. The zero-order chi connectivity index (χ0) is 20.7. The van der Waals surface area contributed by atoms with Crippen molar-refractivity contribution in [2.45, 2.75) is 6.42 Å². The highest BCUT2D eigenvalue weighted by molar-refractivity contribution is 7.16. The fourth-order valence-corrected chi connectivity index (χ4v) is 4.10. The van der Waals surface area contributed by atoms with Gasteiger partial charge in [-0.05, 0) is 54.1 Å². The Morgan fingerprint density at radius 1 is 1.20 bits per heavy atom. The Kier molecular flexibility index (Phi) is 4.23. The summed E-state index contributed by atoms with van der Waals surface area (Å²) in [6.07, 6.45) is 3.55. The normalized spacial score (nSPS) is 11.0. The summed E-state index contributed by atoms with van der Waals surface area (Å²) in [6, 6.07) is 16.0. The van der Waals surface area contributed by atoms with Crippen LogP contribution in [0, 0.1) is 11.3 Å². The van der Waals surface area contributed by atoms with Gasteiger partial charge in [-0.3, -0.25) is 9.36 Å². The number of hydrogen-bond donors (Lipinski definition) is 2. The molecule has 0 radical (unpaired) electrons. The number of phenolic OH excluding ortho intramolecular Hbond substituents is 1. The quantitative estimate of drug-likeness (QED) is 0.459. The molecule has 0 unspecified atom stereocenters. The van der Waals surface area contributed by atoms with E-state index in [4.69, 9.17) is 4.42 Å². The maximum absolute atomic E-state index is 13.1. The molecule has 8 heteroatoms. The molecule has 1 aromatic carbocycles. The molecule has 0 bridgehead atoms. The van der Waals surface area contributed by atoms with Crippen molar-refractivity contribution in [3.05, 3.63) is 87.7 Å². The Bertz CT molecular complexity index is 1400. The molecule has 5 rings (SSSR count). The highest BCUT2D eigenvalue weighted by Crippen LogP contribution is 2.33. The molecule has 2 N–H and O–H groups in total. The van der Waals surface area contributed by atoms with Crippen molar-refractivity contribution in [3.8, 4) is 39.5 Å². The van der Waals surface area contributed by atoms with Gasteiger partial charge in [0, 0.05) is 6.20 Å². The third-order valence-electron chi connectivity index (χ3n) is 4.74. The van der Waals surface area contributed by atoms with Gasteiger partial charge in [0.2, 0.25) is 0 Å². The molecule has 2 aliphatic rings. The Morgan fingerprint density at radius 2 is 2.03 bits per heavy atom. The zero-order valence-electron chi connectivity index (χ0n) is 15.5. The van der Waals surface area contributed by atoms with E-state index in [0.717, 1.165) is 10.4 Å². The van der Waals surface area contributed by atoms with Crippen molar-refractivity contribution in [1.82, 2.24) is 14.5 Å². The summed E-state index contributed by atoms with van der Waals surface area (Å²) in [7, 11) is 0. The predicted molar refractivity (Wildman–Crippen MR) is 112 cm³/mol. The molecule has 7 nitrogen and oxygen atoms in total. The van der Waals surface area contributed by atoms with Crippen LogP contribution >= 0.6 is 11.3 Å². The second-order valence-corrected chi connectivity index (χ2v) is 7.76. The van der Waals surface area contributed by atoms with E-state index in [2.05, 4.69) is 16.0 Å². The second-order valence-electron chi connectivity index (χ2n) is 6.68. The Balaban J connectivity index is 1.73. The van der Waals surface area contributed by atoms with Gasteiger partial charge in [0.25, 0.3) is 5.56 Å². The second kappa shape index (κ2) is 7.06. The van der Waals surface area contributed by atoms with E-state index >= 15 is 0 Å². The average molecular weight is 414 g/mol. The minimum atomic E-state index is -0.228. The molecular weight excluding hydrogens is 400 g/mol. The van der Waals surface area contributed by atoms with Crippen molar-refractivity contribution in [2.75, 3.05) is 0 Å². The minimum Gasteiger partial charge on any atom is -0.508 e. The van der Waals surface area contributed by atoms with Crippen LogP contribution in [0.1, 0.15) is 16.3 Å². The molecule has 3 aromatic rings. The first-order valence-corrected chi connectivity index (χ1v) is 9.90. The molecule has 146 valence electrons. The number of rotatable bonds is 4. The largest absolute Gasteiger partial charge is 0.508 e. The van der Waals surface area contributed by atoms with Gasteiger partial charge < -0.3 is 14.5 Å². The van der Waals surface area contributed by atoms with E-state index < -0.39 is 0 Å². The number of benzene rings is 1. The third kappa shape index (κ3) is 3.07. The standard InChI is InChI=1S/C22H14N4O3S/c23-11-16-7-8-19(30-16)20-21-25-17(10-15-2-1-9-29-15)22(28)26(21)12-18(24-20)13-3-5-14(27)6-4-13/h1-9,12,24,27H,10H2. The van der Waals surface area contributed by atoms with Gasteiger partial charge in [-0.15, -0.1) is 11.3 Å². The smallest absolute Gasteiger partial charge is 0.278 e. The van der Waals surface area contributed by atoms with Crippen molar-refractivity contribution in [2.24, 2.45) is 0 Å². The van der Waals surface area contributed by atoms with Gasteiger partial charge in [0.15, 0.2) is 5.82 Å². The number of thiophene rings is 1. The summed E-state index contributed by atoms with van der Waals surface area (Å²) in [5, 5.41) is 18.8. The minimum absolute atomic E-state index is 0.157. The van der Waals surface area contributed by atoms with Gasteiger partial charge in [0.1, 0.15) is 33.8 Å². The molecule has 0 fully saturated rings. The monoisotopic (exact) mass is 414 g/mol. The molecule has 30 heavy (non-hydrogen) atoms. The van der Waals surface area contributed by atoms with Crippen LogP contribution < -0.4 is 5.56 Å². The topological polar surface area (TPSA) is 108 Å². The third-order valence-corrected chi connectivity index (χ3v) is 5.75. The number of furan rings is 1. The lowest BCUT2D eigenvalue weighted by Gasteiger charge is -2.12. The van der Waals surface area contributed by atoms with Crippen LogP contribution in [-0.2, 0) is 6.42 Å². The number of aromatic amines is 1. The fourth-order valence-electron chi connectivity index (χ4n) is 3.30. The number of aromatic hydroxyl groups is 1. The molecular formula is C22H14N4O3S. The van der Waals surface area contributed by atoms with Gasteiger partial charge >= 0.3 is 0 Å². The van der Waals surface area contributed by atoms with E-state index in [1.54, 1.807) is 54.9 Å². The van der Waals surface area contributed by atoms with Crippen molar-refractivity contribution >= 4 is 11.3 Å². The summed E-state index contributed by atoms with van der Waals surface area (Å²) in [5.41, 5.74) is 2.28. The SMILES string of the molecule is N#Cc1ccc(-c2[nH]c(-c3ccc(O)cc3)cn3c(=O)c(Cc4ccco4)nc2-3)s1. The first-order chi connectivity index (χ1) is 14.6. The average Bonchev–Trinajstić information content (AvgIpc) is 3.50.